The molecule has 3 aromatic rings. The Morgan fingerprint density at radius 1 is 1.21 bits per heavy atom. The van der Waals surface area contributed by atoms with Crippen LogP contribution in [0.1, 0.15) is 46.3 Å². The van der Waals surface area contributed by atoms with Crippen LogP contribution in [0.25, 0.3) is 5.69 Å². The standard InChI is InChI=1S/C21H26N6O/c1-15-19(16(2)27(24-15)17-7-4-3-5-8-17)14-23-21(28)20-10-12-26(25-20)18-9-6-11-22-13-18/h3-5,7-8,10,12,18,22H,6,9,11,13-14H2,1-2H3,(H,23,28). The van der Waals surface area contributed by atoms with E-state index in [1.54, 1.807) is 6.07 Å². The Kier molecular flexibility index (Phi) is 5.25. The van der Waals surface area contributed by atoms with Gasteiger partial charge in [-0.05, 0) is 51.4 Å². The van der Waals surface area contributed by atoms with Crippen LogP contribution in [0.2, 0.25) is 0 Å². The molecule has 1 aliphatic heterocycles. The summed E-state index contributed by atoms with van der Waals surface area (Å²) in [7, 11) is 0. The average Bonchev–Trinajstić information content (AvgIpc) is 3.33. The molecule has 1 aromatic carbocycles. The van der Waals surface area contributed by atoms with E-state index in [-0.39, 0.29) is 5.91 Å². The first-order valence-electron chi connectivity index (χ1n) is 9.78. The van der Waals surface area contributed by atoms with Crippen molar-refractivity contribution in [2.24, 2.45) is 0 Å². The van der Waals surface area contributed by atoms with E-state index in [1.807, 2.05) is 59.7 Å². The largest absolute Gasteiger partial charge is 0.346 e. The summed E-state index contributed by atoms with van der Waals surface area (Å²) >= 11 is 0. The van der Waals surface area contributed by atoms with Crippen LogP contribution < -0.4 is 10.6 Å². The van der Waals surface area contributed by atoms with Crippen molar-refractivity contribution in [1.29, 1.82) is 0 Å². The van der Waals surface area contributed by atoms with Crippen molar-refractivity contribution in [2.75, 3.05) is 13.1 Å². The van der Waals surface area contributed by atoms with Gasteiger partial charge >= 0.3 is 0 Å². The number of rotatable bonds is 5. The fourth-order valence-corrected chi connectivity index (χ4v) is 3.73. The molecular weight excluding hydrogens is 352 g/mol. The molecule has 7 heteroatoms. The van der Waals surface area contributed by atoms with E-state index >= 15 is 0 Å². The first-order valence-corrected chi connectivity index (χ1v) is 9.78. The summed E-state index contributed by atoms with van der Waals surface area (Å²) in [5.74, 6) is -0.159. The van der Waals surface area contributed by atoms with Crippen LogP contribution in [0.3, 0.4) is 0 Å². The first-order chi connectivity index (χ1) is 13.6. The summed E-state index contributed by atoms with van der Waals surface area (Å²) in [6.45, 7) is 6.39. The molecule has 0 saturated carbocycles. The third-order valence-corrected chi connectivity index (χ3v) is 5.35. The van der Waals surface area contributed by atoms with E-state index in [2.05, 4.69) is 20.8 Å². The Labute approximate surface area is 164 Å². The summed E-state index contributed by atoms with van der Waals surface area (Å²) in [5.41, 5.74) is 4.45. The van der Waals surface area contributed by atoms with Gasteiger partial charge in [0.1, 0.15) is 5.69 Å². The maximum absolute atomic E-state index is 12.6. The number of piperidine rings is 1. The lowest BCUT2D eigenvalue weighted by Gasteiger charge is -2.22. The van der Waals surface area contributed by atoms with Crippen LogP contribution >= 0.6 is 0 Å². The number of nitrogens with one attached hydrogen (secondary N) is 2. The molecule has 28 heavy (non-hydrogen) atoms. The molecule has 7 nitrogen and oxygen atoms in total. The molecule has 0 radical (unpaired) electrons. The van der Waals surface area contributed by atoms with Gasteiger partial charge in [-0.15, -0.1) is 0 Å². The molecule has 2 N–H and O–H groups in total. The van der Waals surface area contributed by atoms with E-state index in [9.17, 15) is 4.79 Å². The van der Waals surface area contributed by atoms with E-state index in [0.717, 1.165) is 48.6 Å². The highest BCUT2D eigenvalue weighted by Crippen LogP contribution is 2.18. The van der Waals surface area contributed by atoms with E-state index < -0.39 is 0 Å². The van der Waals surface area contributed by atoms with Crippen LogP contribution in [-0.4, -0.2) is 38.6 Å². The van der Waals surface area contributed by atoms with Gasteiger partial charge in [0.05, 0.1) is 17.4 Å². The Morgan fingerprint density at radius 3 is 2.79 bits per heavy atom. The van der Waals surface area contributed by atoms with Gasteiger partial charge in [0.2, 0.25) is 0 Å². The number of hydrogen-bond donors (Lipinski definition) is 2. The average molecular weight is 378 g/mol. The van der Waals surface area contributed by atoms with Gasteiger partial charge in [-0.1, -0.05) is 18.2 Å². The van der Waals surface area contributed by atoms with Crippen LogP contribution in [0.4, 0.5) is 0 Å². The maximum atomic E-state index is 12.6. The molecule has 1 fully saturated rings. The summed E-state index contributed by atoms with van der Waals surface area (Å²) in [5, 5.41) is 15.5. The van der Waals surface area contributed by atoms with Crippen molar-refractivity contribution in [2.45, 2.75) is 39.3 Å². The van der Waals surface area contributed by atoms with Crippen molar-refractivity contribution in [3.63, 3.8) is 0 Å². The molecular formula is C21H26N6O. The lowest BCUT2D eigenvalue weighted by Crippen LogP contribution is -2.32. The van der Waals surface area contributed by atoms with Gasteiger partial charge in [0.15, 0.2) is 0 Å². The second-order valence-corrected chi connectivity index (χ2v) is 7.26. The normalized spacial score (nSPS) is 16.9. The fraction of sp³-hybridized carbons (Fsp3) is 0.381. The van der Waals surface area contributed by atoms with Gasteiger partial charge in [-0.25, -0.2) is 4.68 Å². The van der Waals surface area contributed by atoms with Gasteiger partial charge in [-0.3, -0.25) is 9.48 Å². The summed E-state index contributed by atoms with van der Waals surface area (Å²) < 4.78 is 3.83. The summed E-state index contributed by atoms with van der Waals surface area (Å²) in [6, 6.07) is 12.1. The number of aryl methyl sites for hydroxylation is 1. The van der Waals surface area contributed by atoms with E-state index in [0.29, 0.717) is 18.3 Å². The summed E-state index contributed by atoms with van der Waals surface area (Å²) in [4.78, 5) is 12.6. The predicted octanol–water partition coefficient (Wildman–Crippen LogP) is 2.54. The molecule has 1 aliphatic rings. The minimum Gasteiger partial charge on any atom is -0.346 e. The molecule has 1 atom stereocenters. The van der Waals surface area contributed by atoms with Crippen molar-refractivity contribution in [3.8, 4) is 5.69 Å². The zero-order chi connectivity index (χ0) is 19.5. The van der Waals surface area contributed by atoms with Crippen molar-refractivity contribution in [3.05, 3.63) is 65.2 Å². The SMILES string of the molecule is Cc1nn(-c2ccccc2)c(C)c1CNC(=O)c1ccn(C2CCCNC2)n1. The highest BCUT2D eigenvalue weighted by Gasteiger charge is 2.19. The Hall–Kier alpha value is -2.93. The van der Waals surface area contributed by atoms with Crippen LogP contribution in [0.15, 0.2) is 42.6 Å². The maximum Gasteiger partial charge on any atom is 0.272 e. The lowest BCUT2D eigenvalue weighted by molar-refractivity contribution is 0.0944. The zero-order valence-corrected chi connectivity index (χ0v) is 16.4. The van der Waals surface area contributed by atoms with Gasteiger partial charge in [-0.2, -0.15) is 10.2 Å². The van der Waals surface area contributed by atoms with Gasteiger partial charge < -0.3 is 10.6 Å². The second kappa shape index (κ2) is 7.98. The monoisotopic (exact) mass is 378 g/mol. The topological polar surface area (TPSA) is 76.8 Å². The first kappa shape index (κ1) is 18.4. The van der Waals surface area contributed by atoms with Crippen molar-refractivity contribution >= 4 is 5.91 Å². The third-order valence-electron chi connectivity index (χ3n) is 5.35. The number of hydrogen-bond acceptors (Lipinski definition) is 4. The zero-order valence-electron chi connectivity index (χ0n) is 16.4. The van der Waals surface area contributed by atoms with Crippen LogP contribution in [-0.2, 0) is 6.54 Å². The number of aromatic nitrogens is 4. The minimum absolute atomic E-state index is 0.159. The highest BCUT2D eigenvalue weighted by atomic mass is 16.1. The molecule has 2 aromatic heterocycles. The Morgan fingerprint density at radius 2 is 2.04 bits per heavy atom. The Balaban J connectivity index is 1.44. The summed E-state index contributed by atoms with van der Waals surface area (Å²) in [6.07, 6.45) is 4.12. The number of carbonyl (C=O) groups excluding carboxylic acids is 1. The van der Waals surface area contributed by atoms with Crippen LogP contribution in [0, 0.1) is 13.8 Å². The Bertz CT molecular complexity index is 953. The smallest absolute Gasteiger partial charge is 0.272 e. The number of carbonyl (C=O) groups is 1. The lowest BCUT2D eigenvalue weighted by atomic mass is 10.1. The number of para-hydroxylation sites is 1. The van der Waals surface area contributed by atoms with E-state index in [4.69, 9.17) is 0 Å². The molecule has 0 bridgehead atoms. The molecule has 1 saturated heterocycles. The molecule has 146 valence electrons. The molecule has 3 heterocycles. The highest BCUT2D eigenvalue weighted by molar-refractivity contribution is 5.92. The molecule has 1 amide bonds. The number of amides is 1. The number of nitrogens with zero attached hydrogens (tertiary/aromatic N) is 4. The third kappa shape index (κ3) is 3.71. The van der Waals surface area contributed by atoms with Crippen molar-refractivity contribution < 1.29 is 4.79 Å². The molecule has 1 unspecified atom stereocenters. The van der Waals surface area contributed by atoms with Gasteiger partial charge in [0, 0.05) is 30.5 Å². The fourth-order valence-electron chi connectivity index (χ4n) is 3.73. The predicted molar refractivity (Wildman–Crippen MR) is 108 cm³/mol. The van der Waals surface area contributed by atoms with Crippen molar-refractivity contribution in [1.82, 2.24) is 30.2 Å². The minimum atomic E-state index is -0.159. The molecule has 0 spiro atoms. The number of benzene rings is 1. The molecule has 4 rings (SSSR count). The molecule has 0 aliphatic carbocycles. The second-order valence-electron chi connectivity index (χ2n) is 7.26. The van der Waals surface area contributed by atoms with Gasteiger partial charge in [0.25, 0.3) is 5.91 Å². The van der Waals surface area contributed by atoms with E-state index in [1.165, 1.54) is 0 Å². The quantitative estimate of drug-likeness (QED) is 0.715. The van der Waals surface area contributed by atoms with Crippen LogP contribution in [0.5, 0.6) is 0 Å².